The lowest BCUT2D eigenvalue weighted by molar-refractivity contribution is -0.140. The van der Waals surface area contributed by atoms with E-state index in [9.17, 15) is 31.2 Å². The number of rotatable bonds is 4. The maximum Gasteiger partial charge on any atom is 0.406 e. The van der Waals surface area contributed by atoms with E-state index in [1.54, 1.807) is 11.0 Å². The number of aromatic nitrogens is 1. The van der Waals surface area contributed by atoms with Crippen molar-refractivity contribution in [3.63, 3.8) is 0 Å². The lowest BCUT2D eigenvalue weighted by Gasteiger charge is -2.38. The number of fused-ring (bicyclic) bond motifs is 1. The Hall–Kier alpha value is -2.60. The Morgan fingerprint density at radius 1 is 0.865 bits per heavy atom. The number of carbonyl (C=O) groups excluding carboxylic acids is 2. The second kappa shape index (κ2) is 9.94. The summed E-state index contributed by atoms with van der Waals surface area (Å²) in [4.78, 5) is 31.9. The van der Waals surface area contributed by atoms with Crippen molar-refractivity contribution in [1.29, 1.82) is 0 Å². The van der Waals surface area contributed by atoms with Crippen molar-refractivity contribution in [2.24, 2.45) is 0 Å². The number of carbonyl (C=O) groups is 2. The Morgan fingerprint density at radius 2 is 1.49 bits per heavy atom. The van der Waals surface area contributed by atoms with Gasteiger partial charge in [0.2, 0.25) is 0 Å². The van der Waals surface area contributed by atoms with Gasteiger partial charge in [-0.25, -0.2) is 8.42 Å². The van der Waals surface area contributed by atoms with Crippen molar-refractivity contribution in [2.45, 2.75) is 44.4 Å². The molecular weight excluding hydrogens is 509 g/mol. The van der Waals surface area contributed by atoms with Gasteiger partial charge in [-0.2, -0.15) is 13.2 Å². The van der Waals surface area contributed by atoms with Gasteiger partial charge in [0.15, 0.2) is 9.84 Å². The van der Waals surface area contributed by atoms with Crippen LogP contribution in [0.5, 0.6) is 0 Å². The number of sulfone groups is 1. The molecule has 0 unspecified atom stereocenters. The molecule has 2 amide bonds. The van der Waals surface area contributed by atoms with Gasteiger partial charge < -0.3 is 14.4 Å². The Morgan fingerprint density at radius 3 is 2.11 bits per heavy atom. The van der Waals surface area contributed by atoms with Crippen LogP contribution in [0, 0.1) is 0 Å². The summed E-state index contributed by atoms with van der Waals surface area (Å²) in [6.07, 6.45) is 0.333. The summed E-state index contributed by atoms with van der Waals surface area (Å²) < 4.78 is 64.7. The second-order valence-corrected chi connectivity index (χ2v) is 12.5. The average Bonchev–Trinajstić information content (AvgIpc) is 3.51. The van der Waals surface area contributed by atoms with Crippen LogP contribution in [-0.2, 0) is 16.4 Å². The fraction of sp³-hybridized carbons (Fsp3) is 0.600. The van der Waals surface area contributed by atoms with Crippen LogP contribution in [0.4, 0.5) is 13.2 Å². The molecule has 5 rings (SSSR count). The molecule has 1 aromatic heterocycles. The van der Waals surface area contributed by atoms with Crippen LogP contribution in [0.15, 0.2) is 24.3 Å². The maximum absolute atomic E-state index is 13.4. The van der Waals surface area contributed by atoms with Crippen LogP contribution in [0.2, 0.25) is 0 Å². The topological polar surface area (TPSA) is 82.9 Å². The number of benzene rings is 1. The summed E-state index contributed by atoms with van der Waals surface area (Å²) in [5.74, 6) is -1.26. The van der Waals surface area contributed by atoms with Crippen LogP contribution in [0.3, 0.4) is 0 Å². The van der Waals surface area contributed by atoms with Gasteiger partial charge in [-0.05, 0) is 37.1 Å². The van der Waals surface area contributed by atoms with Gasteiger partial charge in [0.05, 0.1) is 11.5 Å². The van der Waals surface area contributed by atoms with Crippen LogP contribution in [0.1, 0.15) is 46.5 Å². The highest BCUT2D eigenvalue weighted by atomic mass is 32.2. The third-order valence-corrected chi connectivity index (χ3v) is 9.39. The first-order chi connectivity index (χ1) is 17.5. The summed E-state index contributed by atoms with van der Waals surface area (Å²) in [6, 6.07) is 6.49. The average molecular weight is 541 g/mol. The zero-order chi connectivity index (χ0) is 26.4. The summed E-state index contributed by atoms with van der Waals surface area (Å²) in [6.45, 7) is 1.33. The first-order valence-corrected chi connectivity index (χ1v) is 14.6. The number of nitrogens with zero attached hydrogens (tertiary/aromatic N) is 4. The minimum Gasteiger partial charge on any atom is -0.336 e. The summed E-state index contributed by atoms with van der Waals surface area (Å²) in [5.41, 5.74) is 0.406. The summed E-state index contributed by atoms with van der Waals surface area (Å²) in [7, 11) is -3.26. The number of halogens is 3. The fourth-order valence-corrected chi connectivity index (χ4v) is 6.95. The molecule has 0 radical (unpaired) electrons. The van der Waals surface area contributed by atoms with E-state index in [1.807, 2.05) is 0 Å². The summed E-state index contributed by atoms with van der Waals surface area (Å²) in [5, 5.41) is 0.368. The molecule has 37 heavy (non-hydrogen) atoms. The van der Waals surface area contributed by atoms with Crippen molar-refractivity contribution in [1.82, 2.24) is 19.3 Å². The zero-order valence-electron chi connectivity index (χ0n) is 20.5. The molecule has 8 nitrogen and oxygen atoms in total. The number of hydrogen-bond acceptors (Lipinski definition) is 5. The first kappa shape index (κ1) is 26.0. The molecule has 3 heterocycles. The molecule has 12 heteroatoms. The smallest absolute Gasteiger partial charge is 0.336 e. The van der Waals surface area contributed by atoms with Crippen LogP contribution < -0.4 is 0 Å². The number of hydrogen-bond donors (Lipinski definition) is 0. The first-order valence-electron chi connectivity index (χ1n) is 12.7. The molecule has 2 saturated heterocycles. The molecule has 202 valence electrons. The van der Waals surface area contributed by atoms with Crippen molar-refractivity contribution in [2.75, 3.05) is 50.8 Å². The lowest BCUT2D eigenvalue weighted by Crippen LogP contribution is -2.51. The van der Waals surface area contributed by atoms with E-state index in [-0.39, 0.29) is 41.7 Å². The Balaban J connectivity index is 1.38. The Labute approximate surface area is 213 Å². The molecule has 0 spiro atoms. The number of piperazine rings is 1. The van der Waals surface area contributed by atoms with E-state index in [4.69, 9.17) is 0 Å². The molecule has 3 fully saturated rings. The maximum atomic E-state index is 13.4. The van der Waals surface area contributed by atoms with E-state index < -0.39 is 28.5 Å². The van der Waals surface area contributed by atoms with Crippen molar-refractivity contribution in [3.05, 3.63) is 35.5 Å². The van der Waals surface area contributed by atoms with Gasteiger partial charge in [-0.15, -0.1) is 0 Å². The molecule has 1 aromatic carbocycles. The van der Waals surface area contributed by atoms with Gasteiger partial charge in [-0.1, -0.05) is 12.8 Å². The number of alkyl halides is 3. The van der Waals surface area contributed by atoms with Crippen molar-refractivity contribution >= 4 is 32.6 Å². The van der Waals surface area contributed by atoms with Gasteiger partial charge in [-0.3, -0.25) is 14.5 Å². The predicted octanol–water partition coefficient (Wildman–Crippen LogP) is 2.77. The molecule has 2 aromatic rings. The van der Waals surface area contributed by atoms with E-state index in [0.29, 0.717) is 30.1 Å². The highest BCUT2D eigenvalue weighted by Gasteiger charge is 2.34. The highest BCUT2D eigenvalue weighted by Crippen LogP contribution is 2.29. The largest absolute Gasteiger partial charge is 0.406 e. The second-order valence-electron chi connectivity index (χ2n) is 10.2. The standard InChI is InChI=1S/C25H31F3N4O4S/c26-25(27,28)17-32-21-6-5-18(23(33)30-9-7-29(8-10-30)20-3-1-2-4-20)15-19(21)16-22(32)24(34)31-11-13-37(35,36)14-12-31/h5-6,15-16,20H,1-4,7-14,17H2. The van der Waals surface area contributed by atoms with Crippen LogP contribution >= 0.6 is 0 Å². The Kier molecular flexibility index (Phi) is 6.99. The molecule has 2 aliphatic heterocycles. The molecule has 0 N–H and O–H groups in total. The molecule has 0 atom stereocenters. The minimum atomic E-state index is -4.57. The molecule has 1 saturated carbocycles. The van der Waals surface area contributed by atoms with Gasteiger partial charge in [0.25, 0.3) is 11.8 Å². The lowest BCUT2D eigenvalue weighted by atomic mass is 10.1. The van der Waals surface area contributed by atoms with Gasteiger partial charge >= 0.3 is 6.18 Å². The van der Waals surface area contributed by atoms with E-state index in [2.05, 4.69) is 4.90 Å². The highest BCUT2D eigenvalue weighted by molar-refractivity contribution is 7.91. The Bertz CT molecular complexity index is 1280. The minimum absolute atomic E-state index is 0.0642. The molecule has 0 bridgehead atoms. The van der Waals surface area contributed by atoms with E-state index in [0.717, 1.165) is 17.7 Å². The molecular formula is C25H31F3N4O4S. The number of amides is 2. The SMILES string of the molecule is O=C(c1ccc2c(c1)cc(C(=O)N1CCS(=O)(=O)CC1)n2CC(F)(F)F)N1CCN(C2CCCC2)CC1. The molecule has 3 aliphatic rings. The van der Waals surface area contributed by atoms with Gasteiger partial charge in [0, 0.05) is 61.8 Å². The zero-order valence-corrected chi connectivity index (χ0v) is 21.4. The summed E-state index contributed by atoms with van der Waals surface area (Å²) >= 11 is 0. The monoisotopic (exact) mass is 540 g/mol. The quantitative estimate of drug-likeness (QED) is 0.596. The van der Waals surface area contributed by atoms with Crippen molar-refractivity contribution in [3.8, 4) is 0 Å². The van der Waals surface area contributed by atoms with Crippen LogP contribution in [-0.4, -0.2) is 102 Å². The predicted molar refractivity (Wildman–Crippen MR) is 132 cm³/mol. The molecule has 1 aliphatic carbocycles. The fourth-order valence-electron chi connectivity index (χ4n) is 5.75. The van der Waals surface area contributed by atoms with Crippen molar-refractivity contribution < 1.29 is 31.2 Å². The van der Waals surface area contributed by atoms with Gasteiger partial charge in [0.1, 0.15) is 12.2 Å². The third kappa shape index (κ3) is 5.64. The third-order valence-electron chi connectivity index (χ3n) is 7.78. The van der Waals surface area contributed by atoms with E-state index >= 15 is 0 Å². The van der Waals surface area contributed by atoms with Crippen LogP contribution in [0.25, 0.3) is 10.9 Å². The van der Waals surface area contributed by atoms with E-state index in [1.165, 1.54) is 48.8 Å². The normalized spacial score (nSPS) is 21.6.